The highest BCUT2D eigenvalue weighted by atomic mass is 35.5. The molecular formula is C9H4ClF5O. The van der Waals surface area contributed by atoms with Crippen LogP contribution in [0.15, 0.2) is 24.3 Å². The molecule has 0 N–H and O–H groups in total. The van der Waals surface area contributed by atoms with Gasteiger partial charge in [0.25, 0.3) is 5.24 Å². The maximum Gasteiger partial charge on any atom is 0.458 e. The fourth-order valence-electron chi connectivity index (χ4n) is 0.974. The second-order valence-electron chi connectivity index (χ2n) is 2.92. The lowest BCUT2D eigenvalue weighted by Crippen LogP contribution is -2.33. The molecule has 1 nitrogen and oxygen atoms in total. The molecular weight excluding hydrogens is 255 g/mol. The molecule has 0 spiro atoms. The molecule has 0 aliphatic carbocycles. The number of benzene rings is 1. The van der Waals surface area contributed by atoms with E-state index in [0.29, 0.717) is 12.1 Å². The fourth-order valence-corrected chi connectivity index (χ4v) is 1.10. The smallest absolute Gasteiger partial charge is 0.276 e. The van der Waals surface area contributed by atoms with Gasteiger partial charge in [0.15, 0.2) is 0 Å². The highest BCUT2D eigenvalue weighted by Crippen LogP contribution is 2.43. The first-order chi connectivity index (χ1) is 7.16. The van der Waals surface area contributed by atoms with Gasteiger partial charge in [-0.3, -0.25) is 4.79 Å². The predicted molar refractivity (Wildman–Crippen MR) is 46.6 cm³/mol. The van der Waals surface area contributed by atoms with Crippen molar-refractivity contribution in [1.29, 1.82) is 0 Å². The Hall–Kier alpha value is -1.17. The summed E-state index contributed by atoms with van der Waals surface area (Å²) < 4.78 is 61.3. The van der Waals surface area contributed by atoms with E-state index in [1.807, 2.05) is 0 Å². The fraction of sp³-hybridized carbons (Fsp3) is 0.222. The van der Waals surface area contributed by atoms with Crippen LogP contribution in [0, 0.1) is 0 Å². The average Bonchev–Trinajstić information content (AvgIpc) is 2.16. The highest BCUT2D eigenvalue weighted by molar-refractivity contribution is 6.67. The number of carbonyl (C=O) groups excluding carboxylic acids is 1. The Kier molecular flexibility index (Phi) is 3.23. The van der Waals surface area contributed by atoms with Crippen LogP contribution in [0.3, 0.4) is 0 Å². The summed E-state index contributed by atoms with van der Waals surface area (Å²) in [5.74, 6) is -4.94. The number of rotatable bonds is 2. The van der Waals surface area contributed by atoms with Crippen molar-refractivity contribution in [2.45, 2.75) is 12.1 Å². The molecule has 0 fully saturated rings. The van der Waals surface area contributed by atoms with E-state index in [4.69, 9.17) is 11.6 Å². The first-order valence-electron chi connectivity index (χ1n) is 3.91. The molecule has 0 aliphatic rings. The Morgan fingerprint density at radius 2 is 1.44 bits per heavy atom. The predicted octanol–water partition coefficient (Wildman–Crippen LogP) is 3.72. The van der Waals surface area contributed by atoms with Gasteiger partial charge in [0.05, 0.1) is 0 Å². The van der Waals surface area contributed by atoms with E-state index in [2.05, 4.69) is 0 Å². The molecule has 88 valence electrons. The lowest BCUT2D eigenvalue weighted by molar-refractivity contribution is -0.289. The Balaban J connectivity index is 3.11. The van der Waals surface area contributed by atoms with E-state index in [1.165, 1.54) is 0 Å². The number of hydrogen-bond acceptors (Lipinski definition) is 1. The standard InChI is InChI=1S/C9H4ClF5O/c10-7(16)5-1-3-6(4-2-5)8(11,12)9(13,14)15/h1-4H. The Morgan fingerprint density at radius 3 is 1.75 bits per heavy atom. The molecule has 0 radical (unpaired) electrons. The molecule has 0 aromatic heterocycles. The van der Waals surface area contributed by atoms with Crippen LogP contribution < -0.4 is 0 Å². The second-order valence-corrected chi connectivity index (χ2v) is 3.27. The van der Waals surface area contributed by atoms with Crippen molar-refractivity contribution in [3.63, 3.8) is 0 Å². The van der Waals surface area contributed by atoms with Crippen LogP contribution in [0.4, 0.5) is 22.0 Å². The maximum atomic E-state index is 12.8. The summed E-state index contributed by atoms with van der Waals surface area (Å²) in [6.45, 7) is 0. The van der Waals surface area contributed by atoms with E-state index in [1.54, 1.807) is 0 Å². The van der Waals surface area contributed by atoms with Crippen molar-refractivity contribution >= 4 is 16.8 Å². The van der Waals surface area contributed by atoms with Gasteiger partial charge in [-0.15, -0.1) is 0 Å². The molecule has 0 unspecified atom stereocenters. The summed E-state index contributed by atoms with van der Waals surface area (Å²) >= 11 is 5.01. The first kappa shape index (κ1) is 12.9. The maximum absolute atomic E-state index is 12.8. The minimum Gasteiger partial charge on any atom is -0.276 e. The summed E-state index contributed by atoms with van der Waals surface area (Å²) in [5.41, 5.74) is -1.38. The zero-order chi connectivity index (χ0) is 12.6. The second kappa shape index (κ2) is 4.01. The van der Waals surface area contributed by atoms with Gasteiger partial charge in [0, 0.05) is 11.1 Å². The van der Waals surface area contributed by atoms with Crippen molar-refractivity contribution < 1.29 is 26.7 Å². The molecule has 0 saturated heterocycles. The molecule has 0 aliphatic heterocycles. The molecule has 0 bridgehead atoms. The summed E-state index contributed by atoms with van der Waals surface area (Å²) in [7, 11) is 0. The third-order valence-electron chi connectivity index (χ3n) is 1.83. The lowest BCUT2D eigenvalue weighted by atomic mass is 10.1. The Bertz CT molecular complexity index is 395. The Morgan fingerprint density at radius 1 is 1.00 bits per heavy atom. The van der Waals surface area contributed by atoms with Crippen molar-refractivity contribution in [2.24, 2.45) is 0 Å². The van der Waals surface area contributed by atoms with Crippen LogP contribution in [0.2, 0.25) is 0 Å². The summed E-state index contributed by atoms with van der Waals surface area (Å²) in [4.78, 5) is 10.6. The van der Waals surface area contributed by atoms with Crippen LogP contribution in [0.25, 0.3) is 0 Å². The van der Waals surface area contributed by atoms with Crippen LogP contribution in [0.1, 0.15) is 15.9 Å². The Labute approximate surface area is 91.8 Å². The molecule has 1 aromatic carbocycles. The highest BCUT2D eigenvalue weighted by Gasteiger charge is 2.58. The topological polar surface area (TPSA) is 17.1 Å². The van der Waals surface area contributed by atoms with Gasteiger partial charge in [-0.25, -0.2) is 0 Å². The number of carbonyl (C=O) groups is 1. The van der Waals surface area contributed by atoms with Crippen molar-refractivity contribution in [2.75, 3.05) is 0 Å². The molecule has 0 atom stereocenters. The molecule has 0 heterocycles. The minimum absolute atomic E-state index is 0.150. The van der Waals surface area contributed by atoms with Crippen molar-refractivity contribution in [3.8, 4) is 0 Å². The zero-order valence-corrected chi connectivity index (χ0v) is 8.24. The first-order valence-corrected chi connectivity index (χ1v) is 4.29. The molecule has 1 aromatic rings. The third kappa shape index (κ3) is 2.32. The number of hydrogen-bond donors (Lipinski definition) is 0. The normalized spacial score (nSPS) is 12.6. The SMILES string of the molecule is O=C(Cl)c1ccc(C(F)(F)C(F)(F)F)cc1. The summed E-state index contributed by atoms with van der Waals surface area (Å²) in [6, 6.07) is 2.65. The number of alkyl halides is 5. The summed E-state index contributed by atoms with van der Waals surface area (Å²) in [5, 5.41) is -0.929. The number of halogens is 6. The third-order valence-corrected chi connectivity index (χ3v) is 2.05. The van der Waals surface area contributed by atoms with E-state index in [9.17, 15) is 26.7 Å². The van der Waals surface area contributed by atoms with E-state index >= 15 is 0 Å². The largest absolute Gasteiger partial charge is 0.458 e. The molecule has 0 saturated carbocycles. The van der Waals surface area contributed by atoms with Gasteiger partial charge in [-0.05, 0) is 23.7 Å². The van der Waals surface area contributed by atoms with Gasteiger partial charge < -0.3 is 0 Å². The molecule has 16 heavy (non-hydrogen) atoms. The monoisotopic (exact) mass is 258 g/mol. The van der Waals surface area contributed by atoms with E-state index in [-0.39, 0.29) is 5.56 Å². The molecule has 1 rings (SSSR count). The van der Waals surface area contributed by atoms with Gasteiger partial charge in [-0.2, -0.15) is 22.0 Å². The van der Waals surface area contributed by atoms with Crippen molar-refractivity contribution in [1.82, 2.24) is 0 Å². The van der Waals surface area contributed by atoms with Crippen molar-refractivity contribution in [3.05, 3.63) is 35.4 Å². The van der Waals surface area contributed by atoms with Gasteiger partial charge >= 0.3 is 12.1 Å². The molecule has 0 amide bonds. The zero-order valence-electron chi connectivity index (χ0n) is 7.49. The average molecular weight is 259 g/mol. The molecule has 7 heteroatoms. The van der Waals surface area contributed by atoms with E-state index < -0.39 is 22.9 Å². The van der Waals surface area contributed by atoms with Crippen LogP contribution in [0.5, 0.6) is 0 Å². The van der Waals surface area contributed by atoms with Gasteiger partial charge in [0.2, 0.25) is 0 Å². The summed E-state index contributed by atoms with van der Waals surface area (Å²) in [6.07, 6.45) is -5.67. The minimum atomic E-state index is -5.67. The van der Waals surface area contributed by atoms with Crippen LogP contribution >= 0.6 is 11.6 Å². The van der Waals surface area contributed by atoms with Gasteiger partial charge in [-0.1, -0.05) is 12.1 Å². The van der Waals surface area contributed by atoms with Crippen LogP contribution in [-0.4, -0.2) is 11.4 Å². The van der Waals surface area contributed by atoms with Gasteiger partial charge in [0.1, 0.15) is 0 Å². The quantitative estimate of drug-likeness (QED) is 0.584. The lowest BCUT2D eigenvalue weighted by Gasteiger charge is -2.19. The van der Waals surface area contributed by atoms with Crippen LogP contribution in [-0.2, 0) is 5.92 Å². The van der Waals surface area contributed by atoms with E-state index in [0.717, 1.165) is 12.1 Å².